The van der Waals surface area contributed by atoms with Gasteiger partial charge in [-0.05, 0) is 12.8 Å². The molecule has 23 heavy (non-hydrogen) atoms. The Hall–Kier alpha value is -2.64. The van der Waals surface area contributed by atoms with Gasteiger partial charge in [-0.25, -0.2) is 14.5 Å². The maximum Gasteiger partial charge on any atom is 0.339 e. The molecule has 122 valence electrons. The zero-order valence-electron chi connectivity index (χ0n) is 12.8. The van der Waals surface area contributed by atoms with Crippen LogP contribution < -0.4 is 0 Å². The highest BCUT2D eigenvalue weighted by molar-refractivity contribution is 5.96. The maximum absolute atomic E-state index is 12.6. The minimum absolute atomic E-state index is 0.0562. The number of carbonyl (C=O) groups excluding carboxylic acids is 1. The molecule has 0 aromatic carbocycles. The number of carbonyl (C=O) groups is 2. The molecule has 2 aromatic rings. The first-order chi connectivity index (χ1) is 11.1. The van der Waals surface area contributed by atoms with E-state index >= 15 is 0 Å². The summed E-state index contributed by atoms with van der Waals surface area (Å²) in [5.74, 6) is -0.954. The molecule has 8 nitrogen and oxygen atoms in total. The normalized spacial score (nSPS) is 18.1. The van der Waals surface area contributed by atoms with Crippen LogP contribution in [0.2, 0.25) is 0 Å². The van der Waals surface area contributed by atoms with Crippen molar-refractivity contribution in [1.29, 1.82) is 0 Å². The first-order valence-corrected chi connectivity index (χ1v) is 7.59. The summed E-state index contributed by atoms with van der Waals surface area (Å²) in [5.41, 5.74) is 0.0562. The highest BCUT2D eigenvalue weighted by Gasteiger charge is 2.29. The zero-order chi connectivity index (χ0) is 16.4. The van der Waals surface area contributed by atoms with Crippen LogP contribution in [0.15, 0.2) is 23.1 Å². The fraction of sp³-hybridized carbons (Fsp3) is 0.467. The fourth-order valence-corrected chi connectivity index (χ4v) is 2.89. The molecule has 1 unspecified atom stereocenters. The molecule has 8 heteroatoms. The highest BCUT2D eigenvalue weighted by atomic mass is 16.4. The number of carboxylic acid groups (broad SMARTS) is 1. The molecule has 1 N–H and O–H groups in total. The van der Waals surface area contributed by atoms with E-state index in [-0.39, 0.29) is 23.3 Å². The van der Waals surface area contributed by atoms with Gasteiger partial charge in [0, 0.05) is 25.6 Å². The summed E-state index contributed by atoms with van der Waals surface area (Å²) < 4.78 is 7.21. The van der Waals surface area contributed by atoms with Crippen molar-refractivity contribution in [3.63, 3.8) is 0 Å². The van der Waals surface area contributed by atoms with Crippen LogP contribution in [0, 0.1) is 0 Å². The van der Waals surface area contributed by atoms with Crippen LogP contribution >= 0.6 is 0 Å². The molecule has 1 aliphatic heterocycles. The molecule has 0 radical (unpaired) electrons. The van der Waals surface area contributed by atoms with Crippen molar-refractivity contribution < 1.29 is 19.1 Å². The second-order valence-electron chi connectivity index (χ2n) is 5.53. The van der Waals surface area contributed by atoms with Crippen LogP contribution in [0.25, 0.3) is 0 Å². The Labute approximate surface area is 132 Å². The third-order valence-electron chi connectivity index (χ3n) is 4.07. The summed E-state index contributed by atoms with van der Waals surface area (Å²) >= 11 is 0. The summed E-state index contributed by atoms with van der Waals surface area (Å²) in [7, 11) is 0. The van der Waals surface area contributed by atoms with Gasteiger partial charge in [0.1, 0.15) is 24.0 Å². The van der Waals surface area contributed by atoms with Crippen molar-refractivity contribution in [2.24, 2.45) is 0 Å². The number of likely N-dealkylation sites (tertiary alicyclic amines) is 1. The van der Waals surface area contributed by atoms with Crippen LogP contribution in [0.3, 0.4) is 0 Å². The van der Waals surface area contributed by atoms with Gasteiger partial charge in [-0.3, -0.25) is 4.79 Å². The number of aromatic nitrogens is 3. The Morgan fingerprint density at radius 3 is 2.91 bits per heavy atom. The number of piperidine rings is 1. The minimum atomic E-state index is -1.08. The third-order valence-corrected chi connectivity index (χ3v) is 4.07. The summed E-state index contributed by atoms with van der Waals surface area (Å²) in [4.78, 5) is 29.4. The molecule has 0 aliphatic carbocycles. The average molecular weight is 318 g/mol. The monoisotopic (exact) mass is 318 g/mol. The van der Waals surface area contributed by atoms with E-state index in [9.17, 15) is 9.59 Å². The van der Waals surface area contributed by atoms with Gasteiger partial charge < -0.3 is 14.4 Å². The van der Waals surface area contributed by atoms with Gasteiger partial charge in [-0.15, -0.1) is 0 Å². The number of carboxylic acids is 1. The SMILES string of the molecule is CCc1oc(C(=O)N2CCCC(n3cncn3)C2)cc1C(=O)O. The summed E-state index contributed by atoms with van der Waals surface area (Å²) in [6, 6.07) is 1.40. The molecule has 0 saturated carbocycles. The average Bonchev–Trinajstić information content (AvgIpc) is 3.23. The minimum Gasteiger partial charge on any atom is -0.478 e. The highest BCUT2D eigenvalue weighted by Crippen LogP contribution is 2.24. The lowest BCUT2D eigenvalue weighted by Crippen LogP contribution is -2.40. The molecule has 3 rings (SSSR count). The first kappa shape index (κ1) is 15.3. The molecular weight excluding hydrogens is 300 g/mol. The molecule has 1 atom stereocenters. The Morgan fingerprint density at radius 1 is 1.48 bits per heavy atom. The lowest BCUT2D eigenvalue weighted by molar-refractivity contribution is 0.0637. The number of nitrogens with zero attached hydrogens (tertiary/aromatic N) is 4. The predicted molar refractivity (Wildman–Crippen MR) is 79.2 cm³/mol. The van der Waals surface area contributed by atoms with E-state index < -0.39 is 5.97 Å². The van der Waals surface area contributed by atoms with Crippen molar-refractivity contribution in [2.45, 2.75) is 32.2 Å². The Balaban J connectivity index is 1.78. The summed E-state index contributed by atoms with van der Waals surface area (Å²) in [5, 5.41) is 13.3. The first-order valence-electron chi connectivity index (χ1n) is 7.59. The number of furan rings is 1. The number of amides is 1. The van der Waals surface area contributed by atoms with Gasteiger partial charge in [0.15, 0.2) is 5.76 Å². The topological polar surface area (TPSA) is 101 Å². The van der Waals surface area contributed by atoms with E-state index in [2.05, 4.69) is 10.1 Å². The van der Waals surface area contributed by atoms with E-state index in [0.717, 1.165) is 12.8 Å². The van der Waals surface area contributed by atoms with Crippen LogP contribution in [0.1, 0.15) is 52.5 Å². The number of aryl methyl sites for hydroxylation is 1. The van der Waals surface area contributed by atoms with Crippen molar-refractivity contribution in [1.82, 2.24) is 19.7 Å². The van der Waals surface area contributed by atoms with Gasteiger partial charge in [0.05, 0.1) is 6.04 Å². The zero-order valence-corrected chi connectivity index (χ0v) is 12.8. The Bertz CT molecular complexity index is 707. The van der Waals surface area contributed by atoms with Crippen LogP contribution in [-0.2, 0) is 6.42 Å². The van der Waals surface area contributed by atoms with Gasteiger partial charge >= 0.3 is 5.97 Å². The lowest BCUT2D eigenvalue weighted by atomic mass is 10.1. The summed E-state index contributed by atoms with van der Waals surface area (Å²) in [6.07, 6.45) is 5.31. The van der Waals surface area contributed by atoms with E-state index in [1.807, 2.05) is 0 Å². The number of aromatic carboxylic acids is 1. The fourth-order valence-electron chi connectivity index (χ4n) is 2.89. The van der Waals surface area contributed by atoms with E-state index in [0.29, 0.717) is 25.3 Å². The number of hydrogen-bond donors (Lipinski definition) is 1. The van der Waals surface area contributed by atoms with Crippen molar-refractivity contribution in [3.8, 4) is 0 Å². The molecule has 1 saturated heterocycles. The quantitative estimate of drug-likeness (QED) is 0.919. The molecule has 0 spiro atoms. The van der Waals surface area contributed by atoms with Gasteiger partial charge in [-0.1, -0.05) is 6.92 Å². The third kappa shape index (κ3) is 2.96. The van der Waals surface area contributed by atoms with E-state index in [1.54, 1.807) is 22.8 Å². The van der Waals surface area contributed by atoms with Gasteiger partial charge in [0.2, 0.25) is 0 Å². The number of hydrogen-bond acceptors (Lipinski definition) is 5. The van der Waals surface area contributed by atoms with Crippen molar-refractivity contribution in [3.05, 3.63) is 35.8 Å². The maximum atomic E-state index is 12.6. The number of rotatable bonds is 4. The molecule has 1 amide bonds. The molecule has 3 heterocycles. The molecule has 0 bridgehead atoms. The van der Waals surface area contributed by atoms with Crippen molar-refractivity contribution in [2.75, 3.05) is 13.1 Å². The standard InChI is InChI=1S/C15H18N4O4/c1-2-12-11(15(21)22)6-13(23-12)14(20)18-5-3-4-10(7-18)19-9-16-8-17-19/h6,8-10H,2-5,7H2,1H3,(H,21,22). The van der Waals surface area contributed by atoms with E-state index in [4.69, 9.17) is 9.52 Å². The molecule has 1 fully saturated rings. The Morgan fingerprint density at radius 2 is 2.30 bits per heavy atom. The summed E-state index contributed by atoms with van der Waals surface area (Å²) in [6.45, 7) is 2.92. The second kappa shape index (κ2) is 6.23. The van der Waals surface area contributed by atoms with Gasteiger partial charge in [0.25, 0.3) is 5.91 Å². The second-order valence-corrected chi connectivity index (χ2v) is 5.53. The molecule has 1 aliphatic rings. The predicted octanol–water partition coefficient (Wildman–Crippen LogP) is 1.61. The Kier molecular flexibility index (Phi) is 4.14. The van der Waals surface area contributed by atoms with E-state index in [1.165, 1.54) is 12.4 Å². The molecular formula is C15H18N4O4. The smallest absolute Gasteiger partial charge is 0.339 e. The largest absolute Gasteiger partial charge is 0.478 e. The lowest BCUT2D eigenvalue weighted by Gasteiger charge is -2.32. The van der Waals surface area contributed by atoms with Crippen molar-refractivity contribution >= 4 is 11.9 Å². The van der Waals surface area contributed by atoms with Crippen LogP contribution in [0.4, 0.5) is 0 Å². The van der Waals surface area contributed by atoms with Crippen LogP contribution in [0.5, 0.6) is 0 Å². The molecule has 2 aromatic heterocycles. The van der Waals surface area contributed by atoms with Crippen LogP contribution in [-0.4, -0.2) is 49.7 Å². The van der Waals surface area contributed by atoms with Gasteiger partial charge in [-0.2, -0.15) is 5.10 Å².